The van der Waals surface area contributed by atoms with Crippen LogP contribution in [0.25, 0.3) is 22.2 Å². The van der Waals surface area contributed by atoms with E-state index in [2.05, 4.69) is 9.97 Å². The third-order valence-electron chi connectivity index (χ3n) is 3.62. The van der Waals surface area contributed by atoms with Crippen molar-refractivity contribution in [2.24, 2.45) is 5.73 Å². The van der Waals surface area contributed by atoms with Gasteiger partial charge >= 0.3 is 0 Å². The van der Waals surface area contributed by atoms with Crippen molar-refractivity contribution in [2.75, 3.05) is 0 Å². The van der Waals surface area contributed by atoms with Gasteiger partial charge in [-0.05, 0) is 31.4 Å². The fraction of sp³-hybridized carbons (Fsp3) is 0.176. The van der Waals surface area contributed by atoms with Gasteiger partial charge in [0.2, 0.25) is 0 Å². The first-order valence-corrected chi connectivity index (χ1v) is 6.84. The Labute approximate surface area is 122 Å². The van der Waals surface area contributed by atoms with Crippen molar-refractivity contribution in [3.63, 3.8) is 0 Å². The van der Waals surface area contributed by atoms with Crippen LogP contribution >= 0.6 is 0 Å². The first kappa shape index (κ1) is 13.6. The van der Waals surface area contributed by atoms with Crippen LogP contribution in [0, 0.1) is 12.7 Å². The Morgan fingerprint density at radius 2 is 1.81 bits per heavy atom. The normalized spacial score (nSPS) is 12.6. The van der Waals surface area contributed by atoms with Gasteiger partial charge in [-0.25, -0.2) is 14.4 Å². The molecule has 1 heterocycles. The van der Waals surface area contributed by atoms with Gasteiger partial charge in [-0.1, -0.05) is 24.3 Å². The molecule has 0 saturated carbocycles. The fourth-order valence-electron chi connectivity index (χ4n) is 2.51. The highest BCUT2D eigenvalue weighted by Gasteiger charge is 2.12. The minimum atomic E-state index is -0.238. The van der Waals surface area contributed by atoms with Gasteiger partial charge in [-0.15, -0.1) is 0 Å². The van der Waals surface area contributed by atoms with E-state index in [1.807, 2.05) is 32.0 Å². The lowest BCUT2D eigenvalue weighted by molar-refractivity contribution is 0.640. The van der Waals surface area contributed by atoms with Gasteiger partial charge < -0.3 is 5.73 Å². The van der Waals surface area contributed by atoms with Crippen molar-refractivity contribution in [1.82, 2.24) is 9.97 Å². The Hall–Kier alpha value is -2.33. The van der Waals surface area contributed by atoms with E-state index in [0.29, 0.717) is 11.2 Å². The molecule has 4 heteroatoms. The van der Waals surface area contributed by atoms with Crippen LogP contribution in [-0.2, 0) is 0 Å². The molecule has 1 aromatic heterocycles. The predicted octanol–water partition coefficient (Wildman–Crippen LogP) is 3.76. The van der Waals surface area contributed by atoms with Crippen LogP contribution in [0.2, 0.25) is 0 Å². The van der Waals surface area contributed by atoms with E-state index in [9.17, 15) is 4.39 Å². The van der Waals surface area contributed by atoms with Gasteiger partial charge in [-0.2, -0.15) is 0 Å². The number of hydrogen-bond acceptors (Lipinski definition) is 3. The smallest absolute Gasteiger partial charge is 0.160 e. The van der Waals surface area contributed by atoms with Crippen LogP contribution in [0.15, 0.2) is 42.6 Å². The minimum Gasteiger partial charge on any atom is -0.324 e. The average molecular weight is 281 g/mol. The molecule has 106 valence electrons. The van der Waals surface area contributed by atoms with Crippen molar-refractivity contribution < 1.29 is 4.39 Å². The Kier molecular flexibility index (Phi) is 3.39. The molecule has 2 aromatic carbocycles. The Morgan fingerprint density at radius 1 is 1.10 bits per heavy atom. The summed E-state index contributed by atoms with van der Waals surface area (Å²) in [4.78, 5) is 8.93. The maximum atomic E-state index is 13.9. The van der Waals surface area contributed by atoms with Crippen LogP contribution in [-0.4, -0.2) is 9.97 Å². The van der Waals surface area contributed by atoms with E-state index in [0.717, 1.165) is 22.2 Å². The highest BCUT2D eigenvalue weighted by atomic mass is 19.1. The molecule has 0 fully saturated rings. The zero-order valence-electron chi connectivity index (χ0n) is 12.0. The zero-order valence-corrected chi connectivity index (χ0v) is 12.0. The van der Waals surface area contributed by atoms with E-state index < -0.39 is 0 Å². The Morgan fingerprint density at radius 3 is 2.48 bits per heavy atom. The van der Waals surface area contributed by atoms with Crippen LogP contribution in [0.5, 0.6) is 0 Å². The fourth-order valence-corrected chi connectivity index (χ4v) is 2.51. The Balaban J connectivity index is 2.22. The summed E-state index contributed by atoms with van der Waals surface area (Å²) in [5.74, 6) is 0.353. The molecular weight excluding hydrogens is 265 g/mol. The molecule has 0 aliphatic heterocycles. The first-order valence-electron chi connectivity index (χ1n) is 6.84. The lowest BCUT2D eigenvalue weighted by Crippen LogP contribution is -2.09. The summed E-state index contributed by atoms with van der Waals surface area (Å²) in [6, 6.07) is 10.4. The molecule has 0 aliphatic carbocycles. The molecule has 0 saturated heterocycles. The quantitative estimate of drug-likeness (QED) is 0.778. The molecule has 0 bridgehead atoms. The van der Waals surface area contributed by atoms with Crippen LogP contribution < -0.4 is 5.73 Å². The highest BCUT2D eigenvalue weighted by Crippen LogP contribution is 2.28. The SMILES string of the molecule is Cc1nc(-c2ccc(F)c3ccccc23)ncc1C(C)N. The monoisotopic (exact) mass is 281 g/mol. The van der Waals surface area contributed by atoms with Crippen molar-refractivity contribution in [3.05, 3.63) is 59.7 Å². The molecule has 0 spiro atoms. The molecule has 0 radical (unpaired) electrons. The number of halogens is 1. The summed E-state index contributed by atoms with van der Waals surface area (Å²) in [5.41, 5.74) is 8.48. The topological polar surface area (TPSA) is 51.8 Å². The molecule has 0 aliphatic rings. The summed E-state index contributed by atoms with van der Waals surface area (Å²) in [7, 11) is 0. The molecule has 3 rings (SSSR count). The average Bonchev–Trinajstić information content (AvgIpc) is 2.47. The molecule has 21 heavy (non-hydrogen) atoms. The van der Waals surface area contributed by atoms with Gasteiger partial charge in [0.1, 0.15) is 5.82 Å². The second kappa shape index (κ2) is 5.22. The summed E-state index contributed by atoms with van der Waals surface area (Å²) in [6.45, 7) is 3.81. The van der Waals surface area contributed by atoms with Gasteiger partial charge in [-0.3, -0.25) is 0 Å². The van der Waals surface area contributed by atoms with Gasteiger partial charge in [0.25, 0.3) is 0 Å². The van der Waals surface area contributed by atoms with Crippen molar-refractivity contribution in [2.45, 2.75) is 19.9 Å². The predicted molar refractivity (Wildman–Crippen MR) is 82.3 cm³/mol. The van der Waals surface area contributed by atoms with E-state index >= 15 is 0 Å². The molecule has 2 N–H and O–H groups in total. The molecule has 3 nitrogen and oxygen atoms in total. The summed E-state index contributed by atoms with van der Waals surface area (Å²) < 4.78 is 13.9. The van der Waals surface area contributed by atoms with E-state index in [-0.39, 0.29) is 11.9 Å². The second-order valence-corrected chi connectivity index (χ2v) is 5.16. The third-order valence-corrected chi connectivity index (χ3v) is 3.62. The molecule has 0 amide bonds. The van der Waals surface area contributed by atoms with Crippen LogP contribution in [0.1, 0.15) is 24.2 Å². The van der Waals surface area contributed by atoms with Crippen molar-refractivity contribution in [3.8, 4) is 11.4 Å². The van der Waals surface area contributed by atoms with Crippen molar-refractivity contribution in [1.29, 1.82) is 0 Å². The summed E-state index contributed by atoms with van der Waals surface area (Å²) in [6.07, 6.45) is 1.75. The van der Waals surface area contributed by atoms with E-state index in [1.54, 1.807) is 18.3 Å². The largest absolute Gasteiger partial charge is 0.324 e. The molecule has 1 atom stereocenters. The number of nitrogens with two attached hydrogens (primary N) is 1. The third kappa shape index (κ3) is 2.38. The van der Waals surface area contributed by atoms with E-state index in [4.69, 9.17) is 5.73 Å². The Bertz CT molecular complexity index is 812. The summed E-state index contributed by atoms with van der Waals surface area (Å²) >= 11 is 0. The highest BCUT2D eigenvalue weighted by molar-refractivity contribution is 5.95. The van der Waals surface area contributed by atoms with Crippen LogP contribution in [0.3, 0.4) is 0 Å². The maximum Gasteiger partial charge on any atom is 0.160 e. The molecular formula is C17H16FN3. The van der Waals surface area contributed by atoms with E-state index in [1.165, 1.54) is 6.07 Å². The number of rotatable bonds is 2. The van der Waals surface area contributed by atoms with Gasteiger partial charge in [0, 0.05) is 34.4 Å². The second-order valence-electron chi connectivity index (χ2n) is 5.16. The summed E-state index contributed by atoms with van der Waals surface area (Å²) in [5, 5.41) is 1.39. The zero-order chi connectivity index (χ0) is 15.0. The number of hydrogen-bond donors (Lipinski definition) is 1. The van der Waals surface area contributed by atoms with Gasteiger partial charge in [0.15, 0.2) is 5.82 Å². The number of aromatic nitrogens is 2. The number of fused-ring (bicyclic) bond motifs is 1. The first-order chi connectivity index (χ1) is 10.1. The number of aryl methyl sites for hydroxylation is 1. The number of benzene rings is 2. The molecule has 1 unspecified atom stereocenters. The van der Waals surface area contributed by atoms with Crippen LogP contribution in [0.4, 0.5) is 4.39 Å². The van der Waals surface area contributed by atoms with Crippen molar-refractivity contribution >= 4 is 10.8 Å². The van der Waals surface area contributed by atoms with Gasteiger partial charge in [0.05, 0.1) is 0 Å². The molecule has 3 aromatic rings. The minimum absolute atomic E-state index is 0.107. The number of nitrogens with zero attached hydrogens (tertiary/aromatic N) is 2. The lowest BCUT2D eigenvalue weighted by Gasteiger charge is -2.11. The maximum absolute atomic E-state index is 13.9. The lowest BCUT2D eigenvalue weighted by atomic mass is 10.0. The standard InChI is InChI=1S/C17H16FN3/c1-10(19)15-9-20-17(21-11(15)2)14-7-8-16(18)13-6-4-3-5-12(13)14/h3-10H,19H2,1-2H3.